The van der Waals surface area contributed by atoms with Crippen LogP contribution in [0.4, 0.5) is 0 Å². The van der Waals surface area contributed by atoms with E-state index in [1.807, 2.05) is 6.92 Å². The first-order valence-electron chi connectivity index (χ1n) is 5.71. The van der Waals surface area contributed by atoms with Crippen LogP contribution in [0, 0.1) is 23.7 Å². The fourth-order valence-corrected chi connectivity index (χ4v) is 4.63. The van der Waals surface area contributed by atoms with E-state index in [1.54, 1.807) is 6.92 Å². The summed E-state index contributed by atoms with van der Waals surface area (Å²) in [6.07, 6.45) is 2.58. The summed E-state index contributed by atoms with van der Waals surface area (Å²) >= 11 is 1.19. The second-order valence-corrected chi connectivity index (χ2v) is 8.17. The summed E-state index contributed by atoms with van der Waals surface area (Å²) in [7, 11) is -3.42. The topological polar surface area (TPSA) is 74.1 Å². The third kappa shape index (κ3) is 2.41. The minimum atomic E-state index is -3.42. The third-order valence-corrected chi connectivity index (χ3v) is 6.54. The van der Waals surface area contributed by atoms with E-state index >= 15 is 0 Å². The number of nitriles is 1. The third-order valence-electron chi connectivity index (χ3n) is 3.29. The molecule has 1 saturated heterocycles. The fraction of sp³-hybridized carbons (Fsp3) is 0.636. The average Bonchev–Trinajstić information content (AvgIpc) is 2.77. The number of hydrogen-bond acceptors (Lipinski definition) is 5. The molecule has 7 heteroatoms. The van der Waals surface area contributed by atoms with E-state index in [9.17, 15) is 8.42 Å². The number of aromatic nitrogens is 1. The Morgan fingerprint density at radius 1 is 1.50 bits per heavy atom. The van der Waals surface area contributed by atoms with Crippen LogP contribution in [0.2, 0.25) is 0 Å². The molecule has 0 spiro atoms. The Morgan fingerprint density at radius 2 is 2.11 bits per heavy atom. The van der Waals surface area contributed by atoms with Gasteiger partial charge >= 0.3 is 0 Å². The number of thiazole rings is 1. The van der Waals surface area contributed by atoms with Crippen LogP contribution in [-0.2, 0) is 10.0 Å². The Balaban J connectivity index is 2.17. The second-order valence-electron chi connectivity index (χ2n) is 4.77. The van der Waals surface area contributed by atoms with Gasteiger partial charge in [0.05, 0.1) is 22.7 Å². The minimum Gasteiger partial charge on any atom is -0.249 e. The highest BCUT2D eigenvalue weighted by atomic mass is 32.2. The highest BCUT2D eigenvalue weighted by molar-refractivity contribution is 7.91. The first-order valence-corrected chi connectivity index (χ1v) is 7.97. The molecule has 5 nitrogen and oxygen atoms in total. The Kier molecular flexibility index (Phi) is 3.45. The molecule has 0 bridgehead atoms. The van der Waals surface area contributed by atoms with Crippen molar-refractivity contribution in [2.45, 2.75) is 30.9 Å². The van der Waals surface area contributed by atoms with Gasteiger partial charge in [-0.3, -0.25) is 0 Å². The average molecular weight is 285 g/mol. The molecule has 1 fully saturated rings. The van der Waals surface area contributed by atoms with Crippen molar-refractivity contribution in [2.24, 2.45) is 5.41 Å². The molecular weight excluding hydrogens is 270 g/mol. The van der Waals surface area contributed by atoms with Crippen molar-refractivity contribution >= 4 is 21.4 Å². The van der Waals surface area contributed by atoms with Crippen LogP contribution in [0.25, 0.3) is 0 Å². The first-order chi connectivity index (χ1) is 8.37. The molecule has 1 aliphatic heterocycles. The molecule has 0 aliphatic carbocycles. The van der Waals surface area contributed by atoms with E-state index < -0.39 is 15.4 Å². The lowest BCUT2D eigenvalue weighted by molar-refractivity contribution is 0.232. The number of nitrogens with zero attached hydrogens (tertiary/aromatic N) is 3. The maximum atomic E-state index is 12.3. The second kappa shape index (κ2) is 4.61. The SMILES string of the molecule is Cc1ncc(S(=O)(=O)N2CCC(C)(C#N)CC2)s1. The van der Waals surface area contributed by atoms with E-state index in [0.717, 1.165) is 5.01 Å². The van der Waals surface area contributed by atoms with Gasteiger partial charge in [0, 0.05) is 13.1 Å². The molecule has 0 radical (unpaired) electrons. The van der Waals surface area contributed by atoms with Gasteiger partial charge in [0.1, 0.15) is 0 Å². The van der Waals surface area contributed by atoms with Gasteiger partial charge in [-0.25, -0.2) is 13.4 Å². The summed E-state index contributed by atoms with van der Waals surface area (Å²) in [5.41, 5.74) is -0.393. The smallest absolute Gasteiger partial charge is 0.249 e. The number of aryl methyl sites for hydroxylation is 1. The molecule has 1 aromatic rings. The standard InChI is InChI=1S/C11H15N3O2S2/c1-9-13-7-10(17-9)18(15,16)14-5-3-11(2,8-12)4-6-14/h7H,3-6H2,1-2H3. The summed E-state index contributed by atoms with van der Waals surface area (Å²) < 4.78 is 26.4. The molecule has 0 N–H and O–H groups in total. The highest BCUT2D eigenvalue weighted by Gasteiger charge is 2.36. The maximum absolute atomic E-state index is 12.3. The zero-order valence-corrected chi connectivity index (χ0v) is 12.0. The molecule has 98 valence electrons. The lowest BCUT2D eigenvalue weighted by Crippen LogP contribution is -2.41. The van der Waals surface area contributed by atoms with E-state index in [2.05, 4.69) is 11.1 Å². The van der Waals surface area contributed by atoms with Gasteiger partial charge in [0.15, 0.2) is 4.21 Å². The lowest BCUT2D eigenvalue weighted by Gasteiger charge is -2.33. The van der Waals surface area contributed by atoms with E-state index in [4.69, 9.17) is 5.26 Å². The van der Waals surface area contributed by atoms with Crippen molar-refractivity contribution in [2.75, 3.05) is 13.1 Å². The predicted molar refractivity (Wildman–Crippen MR) is 68.6 cm³/mol. The van der Waals surface area contributed by atoms with Crippen molar-refractivity contribution < 1.29 is 8.42 Å². The molecule has 18 heavy (non-hydrogen) atoms. The van der Waals surface area contributed by atoms with E-state index in [-0.39, 0.29) is 0 Å². The Morgan fingerprint density at radius 3 is 2.56 bits per heavy atom. The van der Waals surface area contributed by atoms with Crippen LogP contribution >= 0.6 is 11.3 Å². The highest BCUT2D eigenvalue weighted by Crippen LogP contribution is 2.33. The van der Waals surface area contributed by atoms with Gasteiger partial charge in [-0.15, -0.1) is 11.3 Å². The summed E-state index contributed by atoms with van der Waals surface area (Å²) in [4.78, 5) is 3.98. The van der Waals surface area contributed by atoms with Crippen LogP contribution < -0.4 is 0 Å². The maximum Gasteiger partial charge on any atom is 0.254 e. The molecule has 0 aromatic carbocycles. The Bertz CT molecular complexity index is 578. The molecule has 0 atom stereocenters. The predicted octanol–water partition coefficient (Wildman–Crippen LogP) is 1.77. The quantitative estimate of drug-likeness (QED) is 0.830. The van der Waals surface area contributed by atoms with Gasteiger partial charge in [-0.1, -0.05) is 0 Å². The fourth-order valence-electron chi connectivity index (χ4n) is 1.92. The van der Waals surface area contributed by atoms with Crippen LogP contribution in [0.15, 0.2) is 10.4 Å². The van der Waals surface area contributed by atoms with E-state index in [1.165, 1.54) is 21.8 Å². The van der Waals surface area contributed by atoms with Gasteiger partial charge in [0.25, 0.3) is 10.0 Å². The molecule has 2 heterocycles. The minimum absolute atomic E-state index is 0.292. The van der Waals surface area contributed by atoms with Crippen molar-refractivity contribution in [3.63, 3.8) is 0 Å². The molecule has 0 unspecified atom stereocenters. The van der Waals surface area contributed by atoms with Crippen molar-refractivity contribution in [1.29, 1.82) is 5.26 Å². The monoisotopic (exact) mass is 285 g/mol. The Hall–Kier alpha value is -0.970. The molecular formula is C11H15N3O2S2. The molecule has 0 amide bonds. The molecule has 2 rings (SSSR count). The normalized spacial score (nSPS) is 20.5. The zero-order chi connectivity index (χ0) is 13.4. The number of sulfonamides is 1. The van der Waals surface area contributed by atoms with Crippen LogP contribution in [0.5, 0.6) is 0 Å². The van der Waals surface area contributed by atoms with Gasteiger partial charge in [-0.05, 0) is 26.7 Å². The van der Waals surface area contributed by atoms with Crippen LogP contribution in [0.3, 0.4) is 0 Å². The number of piperidine rings is 1. The molecule has 1 aliphatic rings. The van der Waals surface area contributed by atoms with Crippen LogP contribution in [-0.4, -0.2) is 30.8 Å². The Labute approximate surface area is 111 Å². The summed E-state index contributed by atoms with van der Waals surface area (Å²) in [5.74, 6) is 0. The lowest BCUT2D eigenvalue weighted by atomic mass is 9.83. The molecule has 0 saturated carbocycles. The van der Waals surface area contributed by atoms with E-state index in [0.29, 0.717) is 30.1 Å². The summed E-state index contributed by atoms with van der Waals surface area (Å²) in [6.45, 7) is 4.48. The van der Waals surface area contributed by atoms with Gasteiger partial charge < -0.3 is 0 Å². The largest absolute Gasteiger partial charge is 0.254 e. The number of rotatable bonds is 2. The van der Waals surface area contributed by atoms with Crippen molar-refractivity contribution in [1.82, 2.24) is 9.29 Å². The molecule has 1 aromatic heterocycles. The van der Waals surface area contributed by atoms with Gasteiger partial charge in [-0.2, -0.15) is 9.57 Å². The first kappa shape index (κ1) is 13.5. The van der Waals surface area contributed by atoms with Crippen LogP contribution in [0.1, 0.15) is 24.8 Å². The summed E-state index contributed by atoms with van der Waals surface area (Å²) in [5, 5.41) is 9.78. The van der Waals surface area contributed by atoms with Gasteiger partial charge in [0.2, 0.25) is 0 Å². The van der Waals surface area contributed by atoms with Crippen molar-refractivity contribution in [3.8, 4) is 6.07 Å². The van der Waals surface area contributed by atoms with Crippen molar-refractivity contribution in [3.05, 3.63) is 11.2 Å². The zero-order valence-electron chi connectivity index (χ0n) is 10.4. The summed E-state index contributed by atoms with van der Waals surface area (Å²) in [6, 6.07) is 2.26. The number of hydrogen-bond donors (Lipinski definition) is 0.